The van der Waals surface area contributed by atoms with Gasteiger partial charge in [-0.3, -0.25) is 4.90 Å². The van der Waals surface area contributed by atoms with Gasteiger partial charge in [0.1, 0.15) is 11.5 Å². The highest BCUT2D eigenvalue weighted by molar-refractivity contribution is 6.31. The summed E-state index contributed by atoms with van der Waals surface area (Å²) in [5.41, 5.74) is 3.63. The van der Waals surface area contributed by atoms with Crippen molar-refractivity contribution in [3.8, 4) is 11.5 Å². The lowest BCUT2D eigenvalue weighted by molar-refractivity contribution is -0.0168. The second-order valence-corrected chi connectivity index (χ2v) is 8.45. The SMILES string of the molecule is COc1cccc(CN2CCN(CCCCc3c(Cl)ccc4c3COCO4)CC2)c1. The van der Waals surface area contributed by atoms with Crippen molar-refractivity contribution < 1.29 is 14.2 Å². The normalized spacial score (nSPS) is 17.4. The Morgan fingerprint density at radius 1 is 1.03 bits per heavy atom. The van der Waals surface area contributed by atoms with Crippen molar-refractivity contribution in [2.24, 2.45) is 0 Å². The van der Waals surface area contributed by atoms with Crippen molar-refractivity contribution in [1.82, 2.24) is 9.80 Å². The molecule has 1 fully saturated rings. The largest absolute Gasteiger partial charge is 0.497 e. The maximum Gasteiger partial charge on any atom is 0.189 e. The van der Waals surface area contributed by atoms with E-state index < -0.39 is 0 Å². The Morgan fingerprint density at radius 3 is 2.70 bits per heavy atom. The highest BCUT2D eigenvalue weighted by Gasteiger charge is 2.19. The number of unbranched alkanes of at least 4 members (excludes halogenated alkanes) is 1. The first-order chi connectivity index (χ1) is 14.7. The molecule has 6 heteroatoms. The smallest absolute Gasteiger partial charge is 0.189 e. The number of fused-ring (bicyclic) bond motifs is 1. The van der Waals surface area contributed by atoms with Gasteiger partial charge in [0.25, 0.3) is 0 Å². The van der Waals surface area contributed by atoms with E-state index in [-0.39, 0.29) is 0 Å². The Balaban J connectivity index is 1.19. The molecule has 0 amide bonds. The number of piperazine rings is 1. The summed E-state index contributed by atoms with van der Waals surface area (Å²) in [6, 6.07) is 12.3. The second-order valence-electron chi connectivity index (χ2n) is 8.04. The van der Waals surface area contributed by atoms with Gasteiger partial charge in [-0.05, 0) is 61.2 Å². The zero-order valence-electron chi connectivity index (χ0n) is 17.7. The van der Waals surface area contributed by atoms with Crippen LogP contribution in [0, 0.1) is 0 Å². The third-order valence-corrected chi connectivity index (χ3v) is 6.39. The molecule has 1 saturated heterocycles. The molecule has 2 heterocycles. The standard InChI is InChI=1S/C24H31ClN2O3/c1-28-20-6-4-5-19(15-20)16-27-13-11-26(12-14-27)10-3-2-7-21-22-17-29-18-30-24(22)9-8-23(21)25/h4-6,8-9,15H,2-3,7,10-14,16-18H2,1H3. The molecule has 0 aliphatic carbocycles. The summed E-state index contributed by atoms with van der Waals surface area (Å²) in [5.74, 6) is 1.86. The molecule has 0 atom stereocenters. The summed E-state index contributed by atoms with van der Waals surface area (Å²) in [6.07, 6.45) is 3.28. The third-order valence-electron chi connectivity index (χ3n) is 6.03. The average Bonchev–Trinajstić information content (AvgIpc) is 2.79. The van der Waals surface area contributed by atoms with Gasteiger partial charge in [-0.1, -0.05) is 23.7 Å². The summed E-state index contributed by atoms with van der Waals surface area (Å²) in [6.45, 7) is 7.56. The van der Waals surface area contributed by atoms with E-state index in [2.05, 4.69) is 28.0 Å². The fraction of sp³-hybridized carbons (Fsp3) is 0.500. The monoisotopic (exact) mass is 430 g/mol. The Morgan fingerprint density at radius 2 is 1.87 bits per heavy atom. The fourth-order valence-corrected chi connectivity index (χ4v) is 4.56. The lowest BCUT2D eigenvalue weighted by atomic mass is 10.0. The van der Waals surface area contributed by atoms with E-state index in [1.165, 1.54) is 17.5 Å². The van der Waals surface area contributed by atoms with E-state index in [0.717, 1.165) is 74.2 Å². The molecule has 2 aromatic rings. The van der Waals surface area contributed by atoms with Crippen molar-refractivity contribution >= 4 is 11.6 Å². The summed E-state index contributed by atoms with van der Waals surface area (Å²) < 4.78 is 16.4. The highest BCUT2D eigenvalue weighted by Crippen LogP contribution is 2.33. The number of hydrogen-bond donors (Lipinski definition) is 0. The van der Waals surface area contributed by atoms with E-state index >= 15 is 0 Å². The van der Waals surface area contributed by atoms with Crippen LogP contribution in [0.3, 0.4) is 0 Å². The topological polar surface area (TPSA) is 34.2 Å². The molecule has 162 valence electrons. The van der Waals surface area contributed by atoms with Crippen LogP contribution in [0.5, 0.6) is 11.5 Å². The van der Waals surface area contributed by atoms with Crippen LogP contribution in [0.25, 0.3) is 0 Å². The van der Waals surface area contributed by atoms with Gasteiger partial charge in [0.05, 0.1) is 13.7 Å². The van der Waals surface area contributed by atoms with E-state index in [1.807, 2.05) is 18.2 Å². The average molecular weight is 431 g/mol. The molecule has 5 nitrogen and oxygen atoms in total. The minimum absolute atomic E-state index is 0.331. The van der Waals surface area contributed by atoms with Crippen LogP contribution in [0.4, 0.5) is 0 Å². The van der Waals surface area contributed by atoms with Crippen LogP contribution in [-0.2, 0) is 24.3 Å². The number of methoxy groups -OCH3 is 1. The predicted octanol–water partition coefficient (Wildman–Crippen LogP) is 4.36. The molecule has 2 aromatic carbocycles. The van der Waals surface area contributed by atoms with Crippen LogP contribution in [-0.4, -0.2) is 56.4 Å². The zero-order chi connectivity index (χ0) is 20.8. The molecular formula is C24H31ClN2O3. The van der Waals surface area contributed by atoms with Gasteiger partial charge >= 0.3 is 0 Å². The fourth-order valence-electron chi connectivity index (χ4n) is 4.29. The molecule has 2 aliphatic rings. The van der Waals surface area contributed by atoms with Gasteiger partial charge in [-0.2, -0.15) is 0 Å². The minimum Gasteiger partial charge on any atom is -0.497 e. The lowest BCUT2D eigenvalue weighted by Gasteiger charge is -2.34. The van der Waals surface area contributed by atoms with Crippen molar-refractivity contribution in [3.63, 3.8) is 0 Å². The van der Waals surface area contributed by atoms with Crippen LogP contribution in [0.15, 0.2) is 36.4 Å². The maximum absolute atomic E-state index is 6.46. The van der Waals surface area contributed by atoms with Gasteiger partial charge in [-0.15, -0.1) is 0 Å². The van der Waals surface area contributed by atoms with Gasteiger partial charge in [0.15, 0.2) is 6.79 Å². The number of rotatable bonds is 8. The number of nitrogens with zero attached hydrogens (tertiary/aromatic N) is 2. The third kappa shape index (κ3) is 5.46. The molecule has 4 rings (SSSR count). The Hall–Kier alpha value is -1.79. The van der Waals surface area contributed by atoms with Crippen LogP contribution in [0.2, 0.25) is 5.02 Å². The van der Waals surface area contributed by atoms with Crippen molar-refractivity contribution in [3.05, 3.63) is 58.1 Å². The summed E-state index contributed by atoms with van der Waals surface area (Å²) in [4.78, 5) is 5.11. The van der Waals surface area contributed by atoms with Crippen LogP contribution in [0.1, 0.15) is 29.5 Å². The Bertz CT molecular complexity index is 837. The number of hydrogen-bond acceptors (Lipinski definition) is 5. The molecular weight excluding hydrogens is 400 g/mol. The molecule has 0 N–H and O–H groups in total. The molecule has 30 heavy (non-hydrogen) atoms. The maximum atomic E-state index is 6.46. The predicted molar refractivity (Wildman–Crippen MR) is 119 cm³/mol. The Kier molecular flexibility index (Phi) is 7.50. The molecule has 2 aliphatic heterocycles. The highest BCUT2D eigenvalue weighted by atomic mass is 35.5. The van der Waals surface area contributed by atoms with Gasteiger partial charge in [0, 0.05) is 43.3 Å². The van der Waals surface area contributed by atoms with E-state index in [0.29, 0.717) is 13.4 Å². The quantitative estimate of drug-likeness (QED) is 0.581. The van der Waals surface area contributed by atoms with Crippen molar-refractivity contribution in [2.75, 3.05) is 46.6 Å². The van der Waals surface area contributed by atoms with Gasteiger partial charge < -0.3 is 19.1 Å². The first-order valence-electron chi connectivity index (χ1n) is 10.8. The first-order valence-corrected chi connectivity index (χ1v) is 11.2. The number of benzene rings is 2. The summed E-state index contributed by atoms with van der Waals surface area (Å²) in [7, 11) is 1.72. The zero-order valence-corrected chi connectivity index (χ0v) is 18.5. The van der Waals surface area contributed by atoms with Crippen molar-refractivity contribution in [2.45, 2.75) is 32.4 Å². The van der Waals surface area contributed by atoms with Crippen LogP contribution < -0.4 is 9.47 Å². The van der Waals surface area contributed by atoms with Gasteiger partial charge in [0.2, 0.25) is 0 Å². The summed E-state index contributed by atoms with van der Waals surface area (Å²) >= 11 is 6.46. The van der Waals surface area contributed by atoms with Gasteiger partial charge in [-0.25, -0.2) is 0 Å². The molecule has 0 bridgehead atoms. The molecule has 0 spiro atoms. The van der Waals surface area contributed by atoms with Crippen LogP contribution >= 0.6 is 11.6 Å². The number of halogens is 1. The minimum atomic E-state index is 0.331. The Labute approximate surface area is 184 Å². The lowest BCUT2D eigenvalue weighted by Crippen LogP contribution is -2.46. The molecule has 0 radical (unpaired) electrons. The van der Waals surface area contributed by atoms with E-state index in [4.69, 9.17) is 25.8 Å². The van der Waals surface area contributed by atoms with E-state index in [1.54, 1.807) is 7.11 Å². The van der Waals surface area contributed by atoms with Crippen molar-refractivity contribution in [1.29, 1.82) is 0 Å². The number of ether oxygens (including phenoxy) is 3. The molecule has 0 aromatic heterocycles. The van der Waals surface area contributed by atoms with E-state index in [9.17, 15) is 0 Å². The molecule has 0 saturated carbocycles. The second kappa shape index (κ2) is 10.5. The first kappa shape index (κ1) is 21.4. The molecule has 0 unspecified atom stereocenters. The summed E-state index contributed by atoms with van der Waals surface area (Å²) in [5, 5.41) is 0.828.